The third kappa shape index (κ3) is 5.31. The van der Waals surface area contributed by atoms with Crippen LogP contribution in [0.5, 0.6) is 5.75 Å². The zero-order valence-corrected chi connectivity index (χ0v) is 10.8. The molecule has 0 unspecified atom stereocenters. The minimum Gasteiger partial charge on any atom is -0.462 e. The van der Waals surface area contributed by atoms with Crippen molar-refractivity contribution < 1.29 is 28.4 Å². The number of rotatable bonds is 6. The monoisotopic (exact) mass is 274 g/mol. The highest BCUT2D eigenvalue weighted by atomic mass is 31.2. The molecule has 0 saturated carbocycles. The van der Waals surface area contributed by atoms with Gasteiger partial charge in [-0.3, -0.25) is 9.79 Å². The van der Waals surface area contributed by atoms with Gasteiger partial charge in [0.05, 0.1) is 12.2 Å². The van der Waals surface area contributed by atoms with E-state index in [9.17, 15) is 9.36 Å². The topological polar surface area (TPSA) is 93.1 Å². The molecule has 100 valence electrons. The fourth-order valence-electron chi connectivity index (χ4n) is 1.18. The van der Waals surface area contributed by atoms with Gasteiger partial charge in [0.15, 0.2) is 0 Å². The molecule has 0 atom stereocenters. The van der Waals surface area contributed by atoms with Crippen molar-refractivity contribution in [3.63, 3.8) is 0 Å². The molecule has 0 bridgehead atoms. The highest BCUT2D eigenvalue weighted by Gasteiger charge is 2.16. The Balaban J connectivity index is 2.59. The number of benzene rings is 1. The molecule has 0 fully saturated rings. The van der Waals surface area contributed by atoms with Crippen molar-refractivity contribution in [2.24, 2.45) is 0 Å². The van der Waals surface area contributed by atoms with Gasteiger partial charge in [-0.15, -0.1) is 0 Å². The quantitative estimate of drug-likeness (QED) is 0.469. The van der Waals surface area contributed by atoms with E-state index in [4.69, 9.17) is 14.5 Å². The van der Waals surface area contributed by atoms with Crippen molar-refractivity contribution in [2.45, 2.75) is 19.8 Å². The van der Waals surface area contributed by atoms with Gasteiger partial charge in [-0.25, -0.2) is 9.36 Å². The molecular weight excluding hydrogens is 259 g/mol. The smallest absolute Gasteiger partial charge is 0.462 e. The Labute approximate surface area is 105 Å². The largest absolute Gasteiger partial charge is 0.524 e. The van der Waals surface area contributed by atoms with E-state index in [0.717, 1.165) is 12.8 Å². The number of phosphoric acid groups is 1. The second-order valence-corrected chi connectivity index (χ2v) is 4.76. The minimum absolute atomic E-state index is 0.00607. The maximum Gasteiger partial charge on any atom is 0.524 e. The average Bonchev–Trinajstić information content (AvgIpc) is 2.28. The number of carbonyl (C=O) groups is 1. The van der Waals surface area contributed by atoms with Crippen molar-refractivity contribution in [3.05, 3.63) is 29.8 Å². The van der Waals surface area contributed by atoms with Crippen molar-refractivity contribution in [1.82, 2.24) is 0 Å². The Morgan fingerprint density at radius 1 is 1.28 bits per heavy atom. The number of unbranched alkanes of at least 4 members (excludes halogenated alkanes) is 1. The summed E-state index contributed by atoms with van der Waals surface area (Å²) in [7, 11) is -4.56. The zero-order chi connectivity index (χ0) is 13.6. The number of carbonyl (C=O) groups excluding carboxylic acids is 1. The van der Waals surface area contributed by atoms with Gasteiger partial charge in [-0.1, -0.05) is 13.3 Å². The molecule has 7 heteroatoms. The molecule has 0 aliphatic rings. The van der Waals surface area contributed by atoms with Crippen molar-refractivity contribution >= 4 is 13.8 Å². The molecule has 1 aromatic rings. The summed E-state index contributed by atoms with van der Waals surface area (Å²) in [6, 6.07) is 5.38. The predicted octanol–water partition coefficient (Wildman–Crippen LogP) is 2.11. The molecule has 0 saturated heterocycles. The third-order valence-corrected chi connectivity index (χ3v) is 2.49. The van der Waals surface area contributed by atoms with E-state index in [-0.39, 0.29) is 5.75 Å². The Morgan fingerprint density at radius 2 is 1.89 bits per heavy atom. The Morgan fingerprint density at radius 3 is 2.39 bits per heavy atom. The lowest BCUT2D eigenvalue weighted by Crippen LogP contribution is -2.06. The van der Waals surface area contributed by atoms with Gasteiger partial charge in [0.2, 0.25) is 0 Å². The van der Waals surface area contributed by atoms with Crippen LogP contribution in [0.1, 0.15) is 30.1 Å². The lowest BCUT2D eigenvalue weighted by molar-refractivity contribution is 0.0499. The van der Waals surface area contributed by atoms with E-state index in [0.29, 0.717) is 12.2 Å². The summed E-state index contributed by atoms with van der Waals surface area (Å²) in [5.74, 6) is -0.473. The zero-order valence-electron chi connectivity index (χ0n) is 9.91. The van der Waals surface area contributed by atoms with Gasteiger partial charge >= 0.3 is 13.8 Å². The fraction of sp³-hybridized carbons (Fsp3) is 0.364. The summed E-state index contributed by atoms with van der Waals surface area (Å²) >= 11 is 0. The second-order valence-electron chi connectivity index (χ2n) is 3.60. The van der Waals surface area contributed by atoms with Crippen LogP contribution in [0.4, 0.5) is 0 Å². The molecule has 0 aliphatic carbocycles. The summed E-state index contributed by atoms with van der Waals surface area (Å²) in [4.78, 5) is 28.7. The first-order chi connectivity index (χ1) is 8.42. The summed E-state index contributed by atoms with van der Waals surface area (Å²) in [5.41, 5.74) is 0.309. The summed E-state index contributed by atoms with van der Waals surface area (Å²) in [6.45, 7) is 2.35. The summed E-state index contributed by atoms with van der Waals surface area (Å²) in [5, 5.41) is 0. The fourth-order valence-corrected chi connectivity index (χ4v) is 1.58. The molecule has 18 heavy (non-hydrogen) atoms. The Hall–Kier alpha value is -1.36. The molecule has 1 aromatic carbocycles. The molecule has 1 rings (SSSR count). The SMILES string of the molecule is CCCCOC(=O)c1ccc(OP(=O)(O)O)cc1. The van der Waals surface area contributed by atoms with Crippen LogP contribution in [0.3, 0.4) is 0 Å². The highest BCUT2D eigenvalue weighted by Crippen LogP contribution is 2.37. The second kappa shape index (κ2) is 6.54. The van der Waals surface area contributed by atoms with Crippen molar-refractivity contribution in [2.75, 3.05) is 6.61 Å². The maximum atomic E-state index is 11.5. The van der Waals surface area contributed by atoms with Crippen LogP contribution >= 0.6 is 7.82 Å². The molecule has 6 nitrogen and oxygen atoms in total. The third-order valence-electron chi connectivity index (χ3n) is 2.05. The summed E-state index contributed by atoms with van der Waals surface area (Å²) in [6.07, 6.45) is 1.73. The van der Waals surface area contributed by atoms with E-state index in [1.165, 1.54) is 24.3 Å². The Kier molecular flexibility index (Phi) is 5.34. The minimum atomic E-state index is -4.56. The lowest BCUT2D eigenvalue weighted by Gasteiger charge is -2.07. The van der Waals surface area contributed by atoms with Gasteiger partial charge < -0.3 is 9.26 Å². The van der Waals surface area contributed by atoms with Gasteiger partial charge in [0.1, 0.15) is 5.75 Å². The van der Waals surface area contributed by atoms with Crippen LogP contribution in [-0.4, -0.2) is 22.4 Å². The predicted molar refractivity (Wildman–Crippen MR) is 64.3 cm³/mol. The van der Waals surface area contributed by atoms with Crippen LogP contribution in [0.15, 0.2) is 24.3 Å². The number of hydrogen-bond acceptors (Lipinski definition) is 4. The van der Waals surface area contributed by atoms with E-state index in [1.54, 1.807) is 0 Å². The van der Waals surface area contributed by atoms with Crippen molar-refractivity contribution in [1.29, 1.82) is 0 Å². The van der Waals surface area contributed by atoms with Gasteiger partial charge in [0, 0.05) is 0 Å². The van der Waals surface area contributed by atoms with E-state index in [2.05, 4.69) is 4.52 Å². The standard InChI is InChI=1S/C11H15O6P/c1-2-3-8-16-11(12)9-4-6-10(7-5-9)17-18(13,14)15/h4-7H,2-3,8H2,1H3,(H2,13,14,15). The van der Waals surface area contributed by atoms with E-state index < -0.39 is 13.8 Å². The first kappa shape index (κ1) is 14.7. The van der Waals surface area contributed by atoms with E-state index >= 15 is 0 Å². The normalized spacial score (nSPS) is 11.1. The maximum absolute atomic E-state index is 11.5. The number of ether oxygens (including phenoxy) is 1. The van der Waals surface area contributed by atoms with Crippen LogP contribution in [0.2, 0.25) is 0 Å². The first-order valence-electron chi connectivity index (χ1n) is 5.44. The molecule has 0 aliphatic heterocycles. The number of hydrogen-bond donors (Lipinski definition) is 2. The van der Waals surface area contributed by atoms with Crippen LogP contribution in [-0.2, 0) is 9.30 Å². The van der Waals surface area contributed by atoms with Crippen LogP contribution in [0.25, 0.3) is 0 Å². The van der Waals surface area contributed by atoms with Gasteiger partial charge in [0.25, 0.3) is 0 Å². The molecule has 0 heterocycles. The van der Waals surface area contributed by atoms with E-state index in [1.807, 2.05) is 6.92 Å². The number of esters is 1. The number of phosphoric ester groups is 1. The first-order valence-corrected chi connectivity index (χ1v) is 6.97. The molecule has 0 aromatic heterocycles. The molecule has 2 N–H and O–H groups in total. The van der Waals surface area contributed by atoms with Gasteiger partial charge in [-0.05, 0) is 30.7 Å². The molecule has 0 radical (unpaired) electrons. The average molecular weight is 274 g/mol. The summed E-state index contributed by atoms with van der Waals surface area (Å²) < 4.78 is 19.9. The molecule has 0 spiro atoms. The van der Waals surface area contributed by atoms with Crippen molar-refractivity contribution in [3.8, 4) is 5.75 Å². The van der Waals surface area contributed by atoms with Gasteiger partial charge in [-0.2, -0.15) is 0 Å². The highest BCUT2D eigenvalue weighted by molar-refractivity contribution is 7.46. The lowest BCUT2D eigenvalue weighted by atomic mass is 10.2. The Bertz CT molecular complexity index is 435. The molecule has 0 amide bonds. The van der Waals surface area contributed by atoms with Crippen LogP contribution < -0.4 is 4.52 Å². The van der Waals surface area contributed by atoms with Crippen LogP contribution in [0, 0.1) is 0 Å². The molecular formula is C11H15O6P.